The van der Waals surface area contributed by atoms with Crippen molar-refractivity contribution >= 4 is 11.7 Å². The number of hydrogen-bond acceptors (Lipinski definition) is 3. The molecule has 0 saturated carbocycles. The minimum Gasteiger partial charge on any atom is -0.289 e. The van der Waals surface area contributed by atoms with Crippen LogP contribution in [-0.4, -0.2) is 18.8 Å². The van der Waals surface area contributed by atoms with E-state index in [1.54, 1.807) is 36.4 Å². The summed E-state index contributed by atoms with van der Waals surface area (Å²) in [5, 5.41) is 0. The molecule has 0 fully saturated rings. The molecule has 0 aliphatic rings. The lowest BCUT2D eigenvalue weighted by Gasteiger charge is -2.04. The summed E-state index contributed by atoms with van der Waals surface area (Å²) in [5.41, 5.74) is 3.82. The summed E-state index contributed by atoms with van der Waals surface area (Å²) in [7, 11) is 1.37. The van der Waals surface area contributed by atoms with E-state index < -0.39 is 0 Å². The molecular formula is C15H13NO3. The van der Waals surface area contributed by atoms with Crippen molar-refractivity contribution in [2.75, 3.05) is 7.11 Å². The number of carbonyl (C=O) groups excluding carboxylic acids is 2. The maximum atomic E-state index is 12.1. The highest BCUT2D eigenvalue weighted by Gasteiger charge is 2.10. The Bertz CT molecular complexity index is 576. The third-order valence-electron chi connectivity index (χ3n) is 2.64. The van der Waals surface area contributed by atoms with Gasteiger partial charge in [-0.25, -0.2) is 5.48 Å². The summed E-state index contributed by atoms with van der Waals surface area (Å²) < 4.78 is 0. The molecule has 0 saturated heterocycles. The van der Waals surface area contributed by atoms with Crippen LogP contribution in [0.25, 0.3) is 0 Å². The molecule has 4 nitrogen and oxygen atoms in total. The van der Waals surface area contributed by atoms with Gasteiger partial charge in [0.05, 0.1) is 7.11 Å². The van der Waals surface area contributed by atoms with Crippen molar-refractivity contribution in [1.29, 1.82) is 0 Å². The summed E-state index contributed by atoms with van der Waals surface area (Å²) in [6.07, 6.45) is 0. The molecule has 1 N–H and O–H groups in total. The molecule has 4 heteroatoms. The molecule has 0 heterocycles. The van der Waals surface area contributed by atoms with Gasteiger partial charge in [0.1, 0.15) is 0 Å². The first-order valence-corrected chi connectivity index (χ1v) is 5.75. The lowest BCUT2D eigenvalue weighted by atomic mass is 10.0. The van der Waals surface area contributed by atoms with Gasteiger partial charge in [0.15, 0.2) is 5.78 Å². The van der Waals surface area contributed by atoms with Crippen LogP contribution in [0.1, 0.15) is 26.3 Å². The van der Waals surface area contributed by atoms with Gasteiger partial charge in [-0.2, -0.15) is 0 Å². The highest BCUT2D eigenvalue weighted by atomic mass is 16.6. The predicted molar refractivity (Wildman–Crippen MR) is 70.8 cm³/mol. The highest BCUT2D eigenvalue weighted by Crippen LogP contribution is 2.11. The van der Waals surface area contributed by atoms with Gasteiger partial charge in [0, 0.05) is 16.7 Å². The van der Waals surface area contributed by atoms with Gasteiger partial charge in [-0.05, 0) is 12.1 Å². The van der Waals surface area contributed by atoms with E-state index in [1.165, 1.54) is 7.11 Å². The van der Waals surface area contributed by atoms with E-state index in [2.05, 4.69) is 10.3 Å². The lowest BCUT2D eigenvalue weighted by molar-refractivity contribution is 0.0537. The highest BCUT2D eigenvalue weighted by molar-refractivity contribution is 6.09. The minimum absolute atomic E-state index is 0.0701. The van der Waals surface area contributed by atoms with Gasteiger partial charge < -0.3 is 0 Å². The van der Waals surface area contributed by atoms with Crippen LogP contribution in [0.4, 0.5) is 0 Å². The fraction of sp³-hybridized carbons (Fsp3) is 0.0667. The molecular weight excluding hydrogens is 242 g/mol. The molecule has 2 rings (SSSR count). The number of benzene rings is 2. The standard InChI is InChI=1S/C15H13NO3/c1-19-16-15(18)13-9-7-12(8-10-13)14(17)11-5-3-2-4-6-11/h2-10H,1H3,(H,16,18). The van der Waals surface area contributed by atoms with E-state index in [0.717, 1.165) is 0 Å². The zero-order valence-corrected chi connectivity index (χ0v) is 10.4. The monoisotopic (exact) mass is 255 g/mol. The molecule has 2 aromatic rings. The topological polar surface area (TPSA) is 55.4 Å². The van der Waals surface area contributed by atoms with E-state index >= 15 is 0 Å². The van der Waals surface area contributed by atoms with Crippen molar-refractivity contribution in [2.45, 2.75) is 0 Å². The van der Waals surface area contributed by atoms with Gasteiger partial charge in [-0.3, -0.25) is 14.4 Å². The number of hydroxylamine groups is 1. The third kappa shape index (κ3) is 3.05. The van der Waals surface area contributed by atoms with E-state index in [-0.39, 0.29) is 11.7 Å². The van der Waals surface area contributed by atoms with Crippen LogP contribution < -0.4 is 5.48 Å². The predicted octanol–water partition coefficient (Wildman–Crippen LogP) is 2.21. The van der Waals surface area contributed by atoms with E-state index in [0.29, 0.717) is 16.7 Å². The summed E-state index contributed by atoms with van der Waals surface area (Å²) in [5.74, 6) is -0.416. The molecule has 0 aliphatic heterocycles. The Hall–Kier alpha value is -2.46. The summed E-state index contributed by atoms with van der Waals surface area (Å²) >= 11 is 0. The van der Waals surface area contributed by atoms with Crippen molar-refractivity contribution in [3.63, 3.8) is 0 Å². The van der Waals surface area contributed by atoms with Gasteiger partial charge in [0.2, 0.25) is 0 Å². The number of amides is 1. The van der Waals surface area contributed by atoms with E-state index in [9.17, 15) is 9.59 Å². The Morgan fingerprint density at radius 3 is 1.95 bits per heavy atom. The fourth-order valence-electron chi connectivity index (χ4n) is 1.68. The number of nitrogens with one attached hydrogen (secondary N) is 1. The van der Waals surface area contributed by atoms with E-state index in [1.807, 2.05) is 18.2 Å². The molecule has 19 heavy (non-hydrogen) atoms. The second-order valence-corrected chi connectivity index (χ2v) is 3.91. The maximum Gasteiger partial charge on any atom is 0.274 e. The fourth-order valence-corrected chi connectivity index (χ4v) is 1.68. The lowest BCUT2D eigenvalue weighted by Crippen LogP contribution is -2.21. The molecule has 2 aromatic carbocycles. The first-order chi connectivity index (χ1) is 9.22. The second kappa shape index (κ2) is 5.93. The van der Waals surface area contributed by atoms with Crippen molar-refractivity contribution in [1.82, 2.24) is 5.48 Å². The largest absolute Gasteiger partial charge is 0.289 e. The normalized spacial score (nSPS) is 9.95. The smallest absolute Gasteiger partial charge is 0.274 e. The van der Waals surface area contributed by atoms with E-state index in [4.69, 9.17) is 0 Å². The van der Waals surface area contributed by atoms with Crippen molar-refractivity contribution < 1.29 is 14.4 Å². The van der Waals surface area contributed by atoms with Gasteiger partial charge in [0.25, 0.3) is 5.91 Å². The molecule has 0 bridgehead atoms. The van der Waals surface area contributed by atoms with Crippen LogP contribution in [0.5, 0.6) is 0 Å². The first kappa shape index (κ1) is 13.0. The Morgan fingerprint density at radius 1 is 0.842 bits per heavy atom. The van der Waals surface area contributed by atoms with Crippen LogP contribution in [0, 0.1) is 0 Å². The molecule has 1 amide bonds. The third-order valence-corrected chi connectivity index (χ3v) is 2.64. The Labute approximate surface area is 111 Å². The first-order valence-electron chi connectivity index (χ1n) is 5.75. The zero-order valence-electron chi connectivity index (χ0n) is 10.4. The molecule has 0 atom stereocenters. The summed E-state index contributed by atoms with van der Waals surface area (Å²) in [6.45, 7) is 0. The molecule has 0 aliphatic carbocycles. The van der Waals surface area contributed by atoms with Crippen LogP contribution in [-0.2, 0) is 4.84 Å². The SMILES string of the molecule is CONC(=O)c1ccc(C(=O)c2ccccc2)cc1. The van der Waals surface area contributed by atoms with Crippen LogP contribution in [0.15, 0.2) is 54.6 Å². The average molecular weight is 255 g/mol. The Kier molecular flexibility index (Phi) is 4.05. The van der Waals surface area contributed by atoms with Crippen molar-refractivity contribution in [3.05, 3.63) is 71.3 Å². The van der Waals surface area contributed by atoms with Crippen LogP contribution in [0.3, 0.4) is 0 Å². The number of rotatable bonds is 4. The average Bonchev–Trinajstić information content (AvgIpc) is 2.48. The minimum atomic E-state index is -0.346. The van der Waals surface area contributed by atoms with Crippen LogP contribution >= 0.6 is 0 Å². The summed E-state index contributed by atoms with van der Waals surface area (Å²) in [4.78, 5) is 28.1. The molecule has 0 radical (unpaired) electrons. The molecule has 0 unspecified atom stereocenters. The van der Waals surface area contributed by atoms with Gasteiger partial charge in [-0.1, -0.05) is 42.5 Å². The Morgan fingerprint density at radius 2 is 1.37 bits per heavy atom. The number of carbonyl (C=O) groups is 2. The number of ketones is 1. The quantitative estimate of drug-likeness (QED) is 0.673. The zero-order chi connectivity index (χ0) is 13.7. The molecule has 96 valence electrons. The van der Waals surface area contributed by atoms with Gasteiger partial charge >= 0.3 is 0 Å². The van der Waals surface area contributed by atoms with Crippen molar-refractivity contribution in [2.24, 2.45) is 0 Å². The maximum absolute atomic E-state index is 12.1. The van der Waals surface area contributed by atoms with Gasteiger partial charge in [-0.15, -0.1) is 0 Å². The second-order valence-electron chi connectivity index (χ2n) is 3.91. The summed E-state index contributed by atoms with van der Waals surface area (Å²) in [6, 6.07) is 15.4. The Balaban J connectivity index is 2.19. The number of hydrogen-bond donors (Lipinski definition) is 1. The molecule has 0 aromatic heterocycles. The van der Waals surface area contributed by atoms with Crippen LogP contribution in [0.2, 0.25) is 0 Å². The molecule has 0 spiro atoms. The van der Waals surface area contributed by atoms with Crippen molar-refractivity contribution in [3.8, 4) is 0 Å².